The third-order valence-electron chi connectivity index (χ3n) is 5.91. The van der Waals surface area contributed by atoms with Crippen LogP contribution in [0, 0.1) is 5.41 Å². The van der Waals surface area contributed by atoms with Crippen LogP contribution in [0.4, 0.5) is 0 Å². The summed E-state index contributed by atoms with van der Waals surface area (Å²) < 4.78 is 33.2. The van der Waals surface area contributed by atoms with Gasteiger partial charge < -0.3 is 20.1 Å². The summed E-state index contributed by atoms with van der Waals surface area (Å²) in [7, 11) is -4.16. The molecule has 0 spiro atoms. The van der Waals surface area contributed by atoms with Gasteiger partial charge in [-0.05, 0) is 72.9 Å². The van der Waals surface area contributed by atoms with Crippen LogP contribution in [0.5, 0.6) is 5.75 Å². The highest BCUT2D eigenvalue weighted by atomic mass is 32.2. The zero-order valence-corrected chi connectivity index (χ0v) is 23.9. The molecule has 0 bridgehead atoms. The van der Waals surface area contributed by atoms with Crippen LogP contribution in [0.3, 0.4) is 0 Å². The Morgan fingerprint density at radius 2 is 1.62 bits per heavy atom. The van der Waals surface area contributed by atoms with Gasteiger partial charge in [-0.15, -0.1) is 0 Å². The highest BCUT2D eigenvalue weighted by Crippen LogP contribution is 2.23. The minimum absolute atomic E-state index is 0.0297. The number of carbonyl (C=O) groups is 3. The summed E-state index contributed by atoms with van der Waals surface area (Å²) in [6.07, 6.45) is 3.12. The first-order valence-electron chi connectivity index (χ1n) is 12.9. The molecule has 3 N–H and O–H groups in total. The molecule has 1 heterocycles. The molecule has 11 heteroatoms. The van der Waals surface area contributed by atoms with Gasteiger partial charge in [0.2, 0.25) is 0 Å². The van der Waals surface area contributed by atoms with Gasteiger partial charge in [0.05, 0.1) is 11.5 Å². The number of aliphatic carboxylic acids is 1. The van der Waals surface area contributed by atoms with E-state index in [0.29, 0.717) is 37.4 Å². The van der Waals surface area contributed by atoms with Gasteiger partial charge in [0.15, 0.2) is 0 Å². The number of nitrogens with one attached hydrogen (secondary N) is 2. The first kappa shape index (κ1) is 30.4. The lowest BCUT2D eigenvalue weighted by molar-refractivity contribution is -0.134. The molecule has 0 radical (unpaired) electrons. The van der Waals surface area contributed by atoms with Crippen LogP contribution >= 0.6 is 0 Å². The van der Waals surface area contributed by atoms with E-state index in [0.717, 1.165) is 5.56 Å². The third-order valence-corrected chi connectivity index (χ3v) is 7.25. The van der Waals surface area contributed by atoms with Crippen molar-refractivity contribution in [3.63, 3.8) is 0 Å². The number of nitrogens with zero attached hydrogens (tertiary/aromatic N) is 1. The summed E-state index contributed by atoms with van der Waals surface area (Å²) >= 11 is 0. The molecular weight excluding hydrogens is 534 g/mol. The molecule has 40 heavy (non-hydrogen) atoms. The Balaban J connectivity index is 1.58. The van der Waals surface area contributed by atoms with Crippen LogP contribution in [-0.2, 0) is 26.0 Å². The second kappa shape index (κ2) is 12.8. The number of hydrogen-bond donors (Lipinski definition) is 3. The molecule has 0 saturated carbocycles. The van der Waals surface area contributed by atoms with Crippen LogP contribution in [0.25, 0.3) is 0 Å². The lowest BCUT2D eigenvalue weighted by Crippen LogP contribution is -2.41. The number of amides is 2. The predicted molar refractivity (Wildman–Crippen MR) is 150 cm³/mol. The molecule has 3 rings (SSSR count). The summed E-state index contributed by atoms with van der Waals surface area (Å²) in [5, 5.41) is 12.3. The van der Waals surface area contributed by atoms with E-state index in [9.17, 15) is 27.9 Å². The van der Waals surface area contributed by atoms with Crippen LogP contribution in [0.1, 0.15) is 43.6 Å². The fraction of sp³-hybridized carbons (Fsp3) is 0.345. The highest BCUT2D eigenvalue weighted by molar-refractivity contribution is 7.90. The van der Waals surface area contributed by atoms with E-state index < -0.39 is 21.9 Å². The van der Waals surface area contributed by atoms with Gasteiger partial charge in [-0.25, -0.2) is 17.9 Å². The van der Waals surface area contributed by atoms with Gasteiger partial charge in [-0.1, -0.05) is 32.9 Å². The fourth-order valence-corrected chi connectivity index (χ4v) is 5.06. The SMILES string of the molecule is CCOc1ccc(C(=O)NCCc2ccc(S(=O)(=O)NC(=O)C3=CC=C(C(=O)O)N(CC(C)(C)C)C3)cc2)cc1. The van der Waals surface area contributed by atoms with Gasteiger partial charge in [0, 0.05) is 30.8 Å². The number of carboxylic acids is 1. The molecule has 10 nitrogen and oxygen atoms in total. The quantitative estimate of drug-likeness (QED) is 0.375. The van der Waals surface area contributed by atoms with E-state index in [4.69, 9.17) is 4.74 Å². The molecule has 0 saturated heterocycles. The van der Waals surface area contributed by atoms with Gasteiger partial charge in [-0.2, -0.15) is 0 Å². The second-order valence-corrected chi connectivity index (χ2v) is 12.2. The molecule has 0 fully saturated rings. The molecule has 1 aliphatic heterocycles. The lowest BCUT2D eigenvalue weighted by Gasteiger charge is -2.34. The molecular formula is C29H35N3O7S. The Hall–Kier alpha value is -4.12. The molecule has 0 aliphatic carbocycles. The standard InChI is InChI=1S/C29H35N3O7S/c1-5-39-23-11-8-21(9-12-23)26(33)30-17-16-20-6-13-24(14-7-20)40(37,38)31-27(34)22-10-15-25(28(35)36)32(18-22)19-29(2,3)4/h6-15H,5,16-19H2,1-4H3,(H,30,33)(H,31,34)(H,35,36). The molecule has 0 atom stereocenters. The number of benzene rings is 2. The second-order valence-electron chi connectivity index (χ2n) is 10.5. The average Bonchev–Trinajstić information content (AvgIpc) is 2.88. The number of rotatable bonds is 11. The van der Waals surface area contributed by atoms with Gasteiger partial charge in [0.25, 0.3) is 21.8 Å². The largest absolute Gasteiger partial charge is 0.494 e. The molecule has 2 aromatic carbocycles. The summed E-state index contributed by atoms with van der Waals surface area (Å²) in [6, 6.07) is 12.8. The molecule has 1 aliphatic rings. The Labute approximate surface area is 234 Å². The Bertz CT molecular complexity index is 1410. The van der Waals surface area contributed by atoms with Crippen molar-refractivity contribution in [3.8, 4) is 5.75 Å². The first-order chi connectivity index (χ1) is 18.8. The number of ether oxygens (including phenoxy) is 1. The number of allylic oxidation sites excluding steroid dienone is 2. The smallest absolute Gasteiger partial charge is 0.352 e. The van der Waals surface area contributed by atoms with Crippen molar-refractivity contribution in [1.82, 2.24) is 14.9 Å². The van der Waals surface area contributed by atoms with Gasteiger partial charge in [-0.3, -0.25) is 9.59 Å². The highest BCUT2D eigenvalue weighted by Gasteiger charge is 2.29. The van der Waals surface area contributed by atoms with Crippen molar-refractivity contribution in [1.29, 1.82) is 0 Å². The molecule has 0 aromatic heterocycles. The van der Waals surface area contributed by atoms with Crippen molar-refractivity contribution >= 4 is 27.8 Å². The van der Waals surface area contributed by atoms with Crippen LogP contribution in [-0.4, -0.2) is 62.4 Å². The van der Waals surface area contributed by atoms with E-state index in [1.807, 2.05) is 27.7 Å². The molecule has 0 unspecified atom stereocenters. The summed E-state index contributed by atoms with van der Waals surface area (Å²) in [5.74, 6) is -1.48. The van der Waals surface area contributed by atoms with Gasteiger partial charge >= 0.3 is 5.97 Å². The van der Waals surface area contributed by atoms with Crippen molar-refractivity contribution in [2.24, 2.45) is 5.41 Å². The maximum atomic E-state index is 12.9. The third kappa shape index (κ3) is 8.44. The van der Waals surface area contributed by atoms with Crippen molar-refractivity contribution in [3.05, 3.63) is 83.1 Å². The average molecular weight is 570 g/mol. The Morgan fingerprint density at radius 1 is 0.975 bits per heavy atom. The van der Waals surface area contributed by atoms with E-state index in [1.165, 1.54) is 24.3 Å². The molecule has 2 amide bonds. The van der Waals surface area contributed by atoms with Crippen molar-refractivity contribution < 1.29 is 32.6 Å². The minimum Gasteiger partial charge on any atom is -0.494 e. The topological polar surface area (TPSA) is 142 Å². The van der Waals surface area contributed by atoms with Crippen LogP contribution < -0.4 is 14.8 Å². The fourth-order valence-electron chi connectivity index (χ4n) is 4.07. The normalized spacial score (nSPS) is 13.7. The number of hydrogen-bond acceptors (Lipinski definition) is 7. The summed E-state index contributed by atoms with van der Waals surface area (Å²) in [5.41, 5.74) is 1.24. The van der Waals surface area contributed by atoms with E-state index in [-0.39, 0.29) is 34.0 Å². The van der Waals surface area contributed by atoms with Crippen LogP contribution in [0.15, 0.2) is 76.8 Å². The van der Waals surface area contributed by atoms with Crippen LogP contribution in [0.2, 0.25) is 0 Å². The Kier molecular flexibility index (Phi) is 9.75. The van der Waals surface area contributed by atoms with Crippen molar-refractivity contribution in [2.75, 3.05) is 26.2 Å². The lowest BCUT2D eigenvalue weighted by atomic mass is 9.94. The van der Waals surface area contributed by atoms with E-state index in [1.54, 1.807) is 41.3 Å². The monoisotopic (exact) mass is 569 g/mol. The number of sulfonamides is 1. The minimum atomic E-state index is -4.16. The number of carboxylic acid groups (broad SMARTS) is 1. The zero-order chi connectivity index (χ0) is 29.5. The van der Waals surface area contributed by atoms with Crippen molar-refractivity contribution in [2.45, 2.75) is 39.0 Å². The van der Waals surface area contributed by atoms with E-state index >= 15 is 0 Å². The zero-order valence-electron chi connectivity index (χ0n) is 23.1. The van der Waals surface area contributed by atoms with E-state index in [2.05, 4.69) is 10.0 Å². The number of carbonyl (C=O) groups excluding carboxylic acids is 2. The Morgan fingerprint density at radius 3 is 2.20 bits per heavy atom. The molecule has 214 valence electrons. The molecule has 2 aromatic rings. The predicted octanol–water partition coefficient (Wildman–Crippen LogP) is 3.12. The first-order valence-corrected chi connectivity index (χ1v) is 14.3. The summed E-state index contributed by atoms with van der Waals surface area (Å²) in [6.45, 7) is 8.92. The maximum Gasteiger partial charge on any atom is 0.352 e. The maximum absolute atomic E-state index is 12.9. The summed E-state index contributed by atoms with van der Waals surface area (Å²) in [4.78, 5) is 38.2. The van der Waals surface area contributed by atoms with Gasteiger partial charge in [0.1, 0.15) is 11.4 Å².